The van der Waals surface area contributed by atoms with Crippen molar-refractivity contribution in [1.82, 2.24) is 4.57 Å². The lowest BCUT2D eigenvalue weighted by molar-refractivity contribution is 0.279. The Hall–Kier alpha value is -5.68. The fourth-order valence-corrected chi connectivity index (χ4v) is 7.21. The van der Waals surface area contributed by atoms with Crippen molar-refractivity contribution in [2.45, 2.75) is 38.8 Å². The Morgan fingerprint density at radius 3 is 1.61 bits per heavy atom. The number of rotatable bonds is 5. The van der Waals surface area contributed by atoms with Gasteiger partial charge in [-0.1, -0.05) is 78.9 Å². The third-order valence-corrected chi connectivity index (χ3v) is 9.63. The number of nitrogens with zero attached hydrogens (tertiary/aromatic N) is 3. The van der Waals surface area contributed by atoms with Gasteiger partial charge in [0.05, 0.1) is 22.1 Å². The van der Waals surface area contributed by atoms with Crippen molar-refractivity contribution in [2.24, 2.45) is 9.98 Å². The third kappa shape index (κ3) is 5.08. The number of ether oxygens (including phenoxy) is 2. The van der Waals surface area contributed by atoms with Crippen LogP contribution in [0.1, 0.15) is 38.8 Å². The van der Waals surface area contributed by atoms with Crippen molar-refractivity contribution >= 4 is 44.4 Å². The summed E-state index contributed by atoms with van der Waals surface area (Å²) in [4.78, 5) is 9.55. The van der Waals surface area contributed by atoms with Crippen LogP contribution in [0.5, 0.6) is 0 Å². The highest BCUT2D eigenvalue weighted by atomic mass is 16.5. The van der Waals surface area contributed by atoms with E-state index in [2.05, 4.69) is 160 Å². The molecule has 0 radical (unpaired) electrons. The molecule has 0 aliphatic carbocycles. The Morgan fingerprint density at radius 1 is 0.490 bits per heavy atom. The summed E-state index contributed by atoms with van der Waals surface area (Å²) >= 11 is 0. The van der Waals surface area contributed by atoms with Crippen molar-refractivity contribution in [3.05, 3.63) is 139 Å². The van der Waals surface area contributed by atoms with Crippen molar-refractivity contribution in [2.75, 3.05) is 13.2 Å². The zero-order valence-electron chi connectivity index (χ0n) is 28.2. The number of fused-ring (bicyclic) bond motifs is 5. The monoisotopic (exact) mass is 639 g/mol. The largest absolute Gasteiger partial charge is 0.475 e. The maximum atomic E-state index is 5.94. The molecule has 0 atom stereocenters. The lowest BCUT2D eigenvalue weighted by Gasteiger charge is -2.13. The van der Waals surface area contributed by atoms with Crippen LogP contribution in [0.25, 0.3) is 60.5 Å². The van der Waals surface area contributed by atoms with Gasteiger partial charge in [-0.05, 0) is 109 Å². The molecule has 2 aliphatic heterocycles. The average Bonchev–Trinajstić information content (AvgIpc) is 3.79. The first-order chi connectivity index (χ1) is 23.7. The quantitative estimate of drug-likeness (QED) is 0.188. The van der Waals surface area contributed by atoms with Crippen molar-refractivity contribution in [3.8, 4) is 27.9 Å². The molecule has 0 bridgehead atoms. The Labute approximate surface area is 286 Å². The first kappa shape index (κ1) is 29.5. The number of aromatic nitrogens is 1. The SMILES string of the molecule is CC1(C)COC(c2ccc(-c3ccc4c5c6ccccc6c(-c6ccc(C7=NC(C)(C)CO7)cc6)cc5n(-c5ccccc5)c4c3)cc2)=N1. The van der Waals surface area contributed by atoms with Gasteiger partial charge in [0.1, 0.15) is 13.2 Å². The topological polar surface area (TPSA) is 48.1 Å². The minimum absolute atomic E-state index is 0.186. The smallest absolute Gasteiger partial charge is 0.216 e. The van der Waals surface area contributed by atoms with Crippen LogP contribution in [-0.4, -0.2) is 40.7 Å². The molecule has 9 rings (SSSR count). The van der Waals surface area contributed by atoms with Crippen LogP contribution in [0.3, 0.4) is 0 Å². The van der Waals surface area contributed by atoms with Crippen LogP contribution in [0.15, 0.2) is 137 Å². The van der Waals surface area contributed by atoms with Crippen molar-refractivity contribution in [1.29, 1.82) is 0 Å². The van der Waals surface area contributed by atoms with Gasteiger partial charge >= 0.3 is 0 Å². The fourth-order valence-electron chi connectivity index (χ4n) is 7.21. The van der Waals surface area contributed by atoms with E-state index in [0.717, 1.165) is 45.3 Å². The summed E-state index contributed by atoms with van der Waals surface area (Å²) in [5.74, 6) is 1.44. The molecule has 2 aliphatic rings. The maximum absolute atomic E-state index is 5.94. The van der Waals surface area contributed by atoms with E-state index in [0.29, 0.717) is 13.2 Å². The van der Waals surface area contributed by atoms with Crippen molar-refractivity contribution < 1.29 is 9.47 Å². The lowest BCUT2D eigenvalue weighted by atomic mass is 9.94. The lowest BCUT2D eigenvalue weighted by Crippen LogP contribution is -2.17. The van der Waals surface area contributed by atoms with E-state index in [1.165, 1.54) is 38.1 Å². The van der Waals surface area contributed by atoms with Gasteiger partial charge in [0, 0.05) is 27.6 Å². The van der Waals surface area contributed by atoms with Gasteiger partial charge in [0.15, 0.2) is 0 Å². The molecule has 0 saturated carbocycles. The Morgan fingerprint density at radius 2 is 1.02 bits per heavy atom. The molecular formula is C44H37N3O2. The number of para-hydroxylation sites is 1. The number of benzene rings is 6. The van der Waals surface area contributed by atoms with E-state index in [-0.39, 0.29) is 11.1 Å². The molecule has 7 aromatic rings. The van der Waals surface area contributed by atoms with Gasteiger partial charge in [-0.3, -0.25) is 0 Å². The Kier molecular flexibility index (Phi) is 6.57. The number of hydrogen-bond acceptors (Lipinski definition) is 4. The maximum Gasteiger partial charge on any atom is 0.216 e. The summed E-state index contributed by atoms with van der Waals surface area (Å²) in [5.41, 5.74) is 9.77. The van der Waals surface area contributed by atoms with Gasteiger partial charge < -0.3 is 14.0 Å². The number of aliphatic imine (C=N–C) groups is 2. The minimum Gasteiger partial charge on any atom is -0.475 e. The van der Waals surface area contributed by atoms with Crippen LogP contribution in [0, 0.1) is 0 Å². The average molecular weight is 640 g/mol. The van der Waals surface area contributed by atoms with Crippen LogP contribution in [0.4, 0.5) is 0 Å². The number of hydrogen-bond donors (Lipinski definition) is 0. The van der Waals surface area contributed by atoms with Crippen molar-refractivity contribution in [3.63, 3.8) is 0 Å². The van der Waals surface area contributed by atoms with Crippen LogP contribution >= 0.6 is 0 Å². The van der Waals surface area contributed by atoms with E-state index < -0.39 is 0 Å². The second-order valence-electron chi connectivity index (χ2n) is 14.5. The van der Waals surface area contributed by atoms with E-state index in [1.807, 2.05) is 0 Å². The minimum atomic E-state index is -0.194. The highest BCUT2D eigenvalue weighted by Crippen LogP contribution is 2.42. The molecule has 6 aromatic carbocycles. The molecule has 5 heteroatoms. The highest BCUT2D eigenvalue weighted by molar-refractivity contribution is 6.24. The van der Waals surface area contributed by atoms with Crippen LogP contribution < -0.4 is 0 Å². The second-order valence-corrected chi connectivity index (χ2v) is 14.5. The molecule has 0 unspecified atom stereocenters. The fraction of sp³-hybridized carbons (Fsp3) is 0.182. The normalized spacial score (nSPS) is 16.5. The Balaban J connectivity index is 1.22. The molecule has 0 spiro atoms. The standard InChI is InChI=1S/C44H37N3O2/c1-43(2)26-48-41(45-43)30-18-14-28(15-19-30)32-22-23-36-38(24-32)47(33-10-6-5-7-11-33)39-25-37(34-12-8-9-13-35(34)40(36)39)29-16-20-31(21-17-29)42-46-44(3,4)27-49-42/h5-25H,26-27H2,1-4H3. The van der Waals surface area contributed by atoms with Gasteiger partial charge in [-0.25, -0.2) is 9.98 Å². The van der Waals surface area contributed by atoms with Gasteiger partial charge in [-0.15, -0.1) is 0 Å². The molecule has 3 heterocycles. The second kappa shape index (κ2) is 10.9. The highest BCUT2D eigenvalue weighted by Gasteiger charge is 2.28. The summed E-state index contributed by atoms with van der Waals surface area (Å²) in [6.45, 7) is 9.60. The summed E-state index contributed by atoms with van der Waals surface area (Å²) in [6.07, 6.45) is 0. The Bertz CT molecular complexity index is 2470. The van der Waals surface area contributed by atoms with E-state index in [4.69, 9.17) is 19.5 Å². The van der Waals surface area contributed by atoms with Gasteiger partial charge in [0.25, 0.3) is 0 Å². The zero-order chi connectivity index (χ0) is 33.3. The molecule has 0 amide bonds. The van der Waals surface area contributed by atoms with Crippen LogP contribution in [-0.2, 0) is 9.47 Å². The van der Waals surface area contributed by atoms with E-state index in [1.54, 1.807) is 0 Å². The van der Waals surface area contributed by atoms with Gasteiger partial charge in [0.2, 0.25) is 11.8 Å². The van der Waals surface area contributed by atoms with Crippen LogP contribution in [0.2, 0.25) is 0 Å². The van der Waals surface area contributed by atoms with E-state index in [9.17, 15) is 0 Å². The molecule has 0 fully saturated rings. The summed E-state index contributed by atoms with van der Waals surface area (Å²) in [5, 5.41) is 4.95. The molecule has 240 valence electrons. The molecule has 0 N–H and O–H groups in total. The molecule has 49 heavy (non-hydrogen) atoms. The summed E-state index contributed by atoms with van der Waals surface area (Å²) in [7, 11) is 0. The first-order valence-electron chi connectivity index (χ1n) is 17.0. The summed E-state index contributed by atoms with van der Waals surface area (Å²) < 4.78 is 14.3. The first-order valence-corrected chi connectivity index (χ1v) is 17.0. The zero-order valence-corrected chi connectivity index (χ0v) is 28.2. The molecule has 0 saturated heterocycles. The summed E-state index contributed by atoms with van der Waals surface area (Å²) in [6, 6.07) is 45.9. The molecule has 1 aromatic heterocycles. The predicted octanol–water partition coefficient (Wildman–Crippen LogP) is 10.4. The predicted molar refractivity (Wildman–Crippen MR) is 202 cm³/mol. The molecule has 5 nitrogen and oxygen atoms in total. The van der Waals surface area contributed by atoms with Gasteiger partial charge in [-0.2, -0.15) is 0 Å². The molecular weight excluding hydrogens is 603 g/mol. The third-order valence-electron chi connectivity index (χ3n) is 9.63. The van der Waals surface area contributed by atoms with E-state index >= 15 is 0 Å².